The summed E-state index contributed by atoms with van der Waals surface area (Å²) >= 11 is 0. The third-order valence-electron chi connectivity index (χ3n) is 4.39. The summed E-state index contributed by atoms with van der Waals surface area (Å²) in [5, 5.41) is 22.5. The van der Waals surface area contributed by atoms with E-state index < -0.39 is 0 Å². The minimum atomic E-state index is -0.274. The van der Waals surface area contributed by atoms with Crippen LogP contribution in [0.15, 0.2) is 48.7 Å². The van der Waals surface area contributed by atoms with Gasteiger partial charge in [0.2, 0.25) is 0 Å². The Morgan fingerprint density at radius 2 is 2.08 bits per heavy atom. The summed E-state index contributed by atoms with van der Waals surface area (Å²) in [6.07, 6.45) is 3.88. The lowest BCUT2D eigenvalue weighted by Gasteiger charge is -2.07. The van der Waals surface area contributed by atoms with E-state index in [-0.39, 0.29) is 5.91 Å². The second-order valence-electron chi connectivity index (χ2n) is 6.33. The van der Waals surface area contributed by atoms with Crippen LogP contribution in [0.1, 0.15) is 35.1 Å². The highest BCUT2D eigenvalue weighted by molar-refractivity contribution is 6.03. The van der Waals surface area contributed by atoms with Crippen molar-refractivity contribution in [2.45, 2.75) is 18.8 Å². The van der Waals surface area contributed by atoms with Gasteiger partial charge in [-0.05, 0) is 43.2 Å². The van der Waals surface area contributed by atoms with E-state index in [1.54, 1.807) is 22.8 Å². The van der Waals surface area contributed by atoms with Crippen molar-refractivity contribution in [1.82, 2.24) is 30.0 Å². The van der Waals surface area contributed by atoms with Gasteiger partial charge in [0.25, 0.3) is 5.91 Å². The number of amides is 1. The Hall–Kier alpha value is -3.55. The number of anilines is 1. The molecular formula is C18H15N7O. The first-order valence-electron chi connectivity index (χ1n) is 8.41. The molecule has 5 rings (SSSR count). The number of carbonyl (C=O) groups is 1. The Balaban J connectivity index is 1.42. The summed E-state index contributed by atoms with van der Waals surface area (Å²) in [7, 11) is 0. The fraction of sp³-hybridized carbons (Fsp3) is 0.167. The molecular weight excluding hydrogens is 330 g/mol. The molecule has 4 aromatic rings. The molecule has 0 radical (unpaired) electrons. The van der Waals surface area contributed by atoms with Crippen LogP contribution in [0.4, 0.5) is 5.69 Å². The van der Waals surface area contributed by atoms with Crippen LogP contribution in [-0.2, 0) is 0 Å². The Morgan fingerprint density at radius 1 is 1.15 bits per heavy atom. The van der Waals surface area contributed by atoms with E-state index in [2.05, 4.69) is 30.8 Å². The number of nitrogens with one attached hydrogen (secondary N) is 2. The van der Waals surface area contributed by atoms with Crippen molar-refractivity contribution < 1.29 is 4.79 Å². The van der Waals surface area contributed by atoms with Crippen molar-refractivity contribution in [3.8, 4) is 11.3 Å². The third kappa shape index (κ3) is 2.61. The molecule has 1 fully saturated rings. The first kappa shape index (κ1) is 14.8. The van der Waals surface area contributed by atoms with Gasteiger partial charge < -0.3 is 5.32 Å². The zero-order valence-corrected chi connectivity index (χ0v) is 13.8. The number of H-pyrrole nitrogens is 1. The largest absolute Gasteiger partial charge is 0.321 e. The Bertz CT molecular complexity index is 1100. The average molecular weight is 345 g/mol. The molecule has 1 saturated carbocycles. The van der Waals surface area contributed by atoms with Crippen LogP contribution in [0.3, 0.4) is 0 Å². The predicted molar refractivity (Wildman–Crippen MR) is 94.7 cm³/mol. The van der Waals surface area contributed by atoms with Gasteiger partial charge in [-0.1, -0.05) is 12.1 Å². The van der Waals surface area contributed by atoms with Crippen LogP contribution in [0, 0.1) is 0 Å². The third-order valence-corrected chi connectivity index (χ3v) is 4.39. The minimum Gasteiger partial charge on any atom is -0.321 e. The van der Waals surface area contributed by atoms with Crippen molar-refractivity contribution in [1.29, 1.82) is 0 Å². The average Bonchev–Trinajstić information content (AvgIpc) is 3.20. The summed E-state index contributed by atoms with van der Waals surface area (Å²) in [6.45, 7) is 0. The van der Waals surface area contributed by atoms with Gasteiger partial charge in [-0.25, -0.2) is 0 Å². The van der Waals surface area contributed by atoms with Crippen LogP contribution >= 0.6 is 0 Å². The molecule has 0 atom stereocenters. The second-order valence-corrected chi connectivity index (χ2v) is 6.33. The molecule has 0 saturated heterocycles. The fourth-order valence-corrected chi connectivity index (χ4v) is 2.90. The Kier molecular flexibility index (Phi) is 3.27. The smallest absolute Gasteiger partial charge is 0.276 e. The summed E-state index contributed by atoms with van der Waals surface area (Å²) in [4.78, 5) is 12.6. The molecule has 3 heterocycles. The zero-order valence-electron chi connectivity index (χ0n) is 13.8. The lowest BCUT2D eigenvalue weighted by atomic mass is 10.1. The topological polar surface area (TPSA) is 101 Å². The Morgan fingerprint density at radius 3 is 2.88 bits per heavy atom. The summed E-state index contributed by atoms with van der Waals surface area (Å²) in [5.41, 5.74) is 3.50. The maximum absolute atomic E-state index is 12.6. The van der Waals surface area contributed by atoms with Crippen LogP contribution in [0.25, 0.3) is 16.9 Å². The van der Waals surface area contributed by atoms with E-state index in [4.69, 9.17) is 0 Å². The molecule has 26 heavy (non-hydrogen) atoms. The molecule has 1 aromatic carbocycles. The molecule has 1 aliphatic carbocycles. The van der Waals surface area contributed by atoms with Gasteiger partial charge in [0.1, 0.15) is 5.69 Å². The maximum atomic E-state index is 12.6. The summed E-state index contributed by atoms with van der Waals surface area (Å²) in [5.74, 6) is 0.960. The van der Waals surface area contributed by atoms with Gasteiger partial charge in [-0.15, -0.1) is 10.2 Å². The van der Waals surface area contributed by atoms with E-state index in [0.717, 1.165) is 29.9 Å². The van der Waals surface area contributed by atoms with E-state index >= 15 is 0 Å². The molecule has 1 amide bonds. The van der Waals surface area contributed by atoms with Gasteiger partial charge >= 0.3 is 0 Å². The Labute approximate surface area is 148 Å². The van der Waals surface area contributed by atoms with E-state index in [0.29, 0.717) is 22.9 Å². The van der Waals surface area contributed by atoms with Gasteiger partial charge in [0, 0.05) is 23.4 Å². The van der Waals surface area contributed by atoms with Crippen molar-refractivity contribution in [2.75, 3.05) is 5.32 Å². The summed E-state index contributed by atoms with van der Waals surface area (Å²) < 4.78 is 1.67. The number of hydrogen-bond donors (Lipinski definition) is 2. The quantitative estimate of drug-likeness (QED) is 0.592. The molecule has 0 aliphatic heterocycles. The van der Waals surface area contributed by atoms with Crippen LogP contribution in [0.2, 0.25) is 0 Å². The van der Waals surface area contributed by atoms with Crippen molar-refractivity contribution in [2.24, 2.45) is 0 Å². The number of fused-ring (bicyclic) bond motifs is 1. The number of carbonyl (C=O) groups excluding carboxylic acids is 1. The van der Waals surface area contributed by atoms with E-state index in [1.807, 2.05) is 30.3 Å². The maximum Gasteiger partial charge on any atom is 0.276 e. The number of aromatic nitrogens is 6. The molecule has 0 spiro atoms. The second kappa shape index (κ2) is 5.76. The van der Waals surface area contributed by atoms with Crippen molar-refractivity contribution in [3.63, 3.8) is 0 Å². The molecule has 0 unspecified atom stereocenters. The minimum absolute atomic E-state index is 0.274. The van der Waals surface area contributed by atoms with Crippen LogP contribution in [0.5, 0.6) is 0 Å². The fourth-order valence-electron chi connectivity index (χ4n) is 2.90. The number of nitrogens with zero attached hydrogens (tertiary/aromatic N) is 5. The van der Waals surface area contributed by atoms with E-state index in [1.165, 1.54) is 0 Å². The molecule has 1 aliphatic rings. The normalized spacial score (nSPS) is 13.8. The first-order valence-corrected chi connectivity index (χ1v) is 8.41. The lowest BCUT2D eigenvalue weighted by Crippen LogP contribution is -2.15. The van der Waals surface area contributed by atoms with Gasteiger partial charge in [0.05, 0.1) is 5.69 Å². The highest BCUT2D eigenvalue weighted by Gasteiger charge is 2.29. The highest BCUT2D eigenvalue weighted by atomic mass is 16.1. The van der Waals surface area contributed by atoms with Gasteiger partial charge in [0.15, 0.2) is 11.5 Å². The lowest BCUT2D eigenvalue weighted by molar-refractivity contribution is 0.102. The zero-order chi connectivity index (χ0) is 17.5. The van der Waals surface area contributed by atoms with Crippen LogP contribution in [-0.4, -0.2) is 35.9 Å². The van der Waals surface area contributed by atoms with Gasteiger partial charge in [-0.2, -0.15) is 14.7 Å². The first-order chi connectivity index (χ1) is 12.8. The van der Waals surface area contributed by atoms with Crippen molar-refractivity contribution >= 4 is 17.2 Å². The monoisotopic (exact) mass is 345 g/mol. The molecule has 0 bridgehead atoms. The molecule has 8 heteroatoms. The molecule has 3 aromatic heterocycles. The molecule has 128 valence electrons. The van der Waals surface area contributed by atoms with Crippen molar-refractivity contribution in [3.05, 3.63) is 60.2 Å². The van der Waals surface area contributed by atoms with Gasteiger partial charge in [-0.3, -0.25) is 9.89 Å². The highest BCUT2D eigenvalue weighted by Crippen LogP contribution is 2.38. The van der Waals surface area contributed by atoms with E-state index in [9.17, 15) is 4.79 Å². The molecule has 2 N–H and O–H groups in total. The van der Waals surface area contributed by atoms with Crippen LogP contribution < -0.4 is 5.32 Å². The predicted octanol–water partition coefficient (Wildman–Crippen LogP) is 2.64. The number of benzene rings is 1. The number of rotatable bonds is 4. The molecule has 8 nitrogen and oxygen atoms in total. The number of hydrogen-bond acceptors (Lipinski definition) is 5. The summed E-state index contributed by atoms with van der Waals surface area (Å²) in [6, 6.07) is 12.9. The SMILES string of the molecule is O=C(Nc1cccc(-c2ccn[nH]2)c1)c1ccc2nnc(C3CC3)n2n1. The standard InChI is InChI=1S/C18H15N7O/c26-18(20-13-3-1-2-12(10-13)14-8-9-19-21-14)15-6-7-16-22-23-17(11-4-5-11)25(16)24-15/h1-3,6-11H,4-5H2,(H,19,21)(H,20,26). The number of aromatic amines is 1.